The summed E-state index contributed by atoms with van der Waals surface area (Å²) in [5.41, 5.74) is 10.0. The molecule has 3 aromatic rings. The van der Waals surface area contributed by atoms with E-state index in [1.54, 1.807) is 0 Å². The zero-order valence-corrected chi connectivity index (χ0v) is 12.3. The van der Waals surface area contributed by atoms with Gasteiger partial charge in [-0.15, -0.1) is 0 Å². The summed E-state index contributed by atoms with van der Waals surface area (Å²) < 4.78 is 11.8. The minimum atomic E-state index is 0.394. The van der Waals surface area contributed by atoms with Crippen LogP contribution in [0.15, 0.2) is 46.9 Å². The molecule has 0 aliphatic rings. The first kappa shape index (κ1) is 13.7. The van der Waals surface area contributed by atoms with Crippen molar-refractivity contribution in [2.75, 3.05) is 0 Å². The number of nitrogens with two attached hydrogens (primary N) is 1. The fourth-order valence-electron chi connectivity index (χ4n) is 2.50. The number of benzene rings is 2. The van der Waals surface area contributed by atoms with Crippen LogP contribution in [0.3, 0.4) is 0 Å². The molecule has 3 rings (SSSR count). The monoisotopic (exact) mass is 281 g/mol. The Morgan fingerprint density at radius 3 is 2.71 bits per heavy atom. The lowest BCUT2D eigenvalue weighted by Crippen LogP contribution is -2.03. The van der Waals surface area contributed by atoms with E-state index in [2.05, 4.69) is 19.1 Å². The number of hydrogen-bond donors (Lipinski definition) is 1. The molecule has 0 fully saturated rings. The summed E-state index contributed by atoms with van der Waals surface area (Å²) in [5.74, 6) is 1.69. The molecule has 108 valence electrons. The van der Waals surface area contributed by atoms with Gasteiger partial charge in [0.25, 0.3) is 0 Å². The van der Waals surface area contributed by atoms with Gasteiger partial charge in [0, 0.05) is 17.5 Å². The van der Waals surface area contributed by atoms with Crippen molar-refractivity contribution in [3.63, 3.8) is 0 Å². The predicted molar refractivity (Wildman–Crippen MR) is 84.4 cm³/mol. The molecule has 0 unspecified atom stereocenters. The van der Waals surface area contributed by atoms with E-state index in [1.165, 1.54) is 5.56 Å². The molecule has 0 radical (unpaired) electrons. The molecule has 3 heteroatoms. The third-order valence-corrected chi connectivity index (χ3v) is 3.69. The fourth-order valence-corrected chi connectivity index (χ4v) is 2.50. The molecule has 0 aliphatic heterocycles. The standard InChI is InChI=1S/C18H19NO2/c1-12-7-8-13(2)17(9-12)20-11-18-15(10-19)14-5-3-4-6-16(14)21-18/h3-9H,10-11,19H2,1-2H3. The maximum atomic E-state index is 5.93. The largest absolute Gasteiger partial charge is 0.485 e. The van der Waals surface area contributed by atoms with E-state index in [4.69, 9.17) is 14.9 Å². The Bertz CT molecular complexity index is 774. The van der Waals surface area contributed by atoms with Crippen LogP contribution in [0.5, 0.6) is 5.75 Å². The lowest BCUT2D eigenvalue weighted by molar-refractivity contribution is 0.271. The van der Waals surface area contributed by atoms with Gasteiger partial charge in [0.2, 0.25) is 0 Å². The van der Waals surface area contributed by atoms with Crippen molar-refractivity contribution in [2.24, 2.45) is 5.73 Å². The van der Waals surface area contributed by atoms with E-state index in [1.807, 2.05) is 37.3 Å². The van der Waals surface area contributed by atoms with Crippen LogP contribution in [-0.4, -0.2) is 0 Å². The van der Waals surface area contributed by atoms with Gasteiger partial charge in [-0.1, -0.05) is 30.3 Å². The highest BCUT2D eigenvalue weighted by Gasteiger charge is 2.13. The summed E-state index contributed by atoms with van der Waals surface area (Å²) in [6, 6.07) is 14.1. The van der Waals surface area contributed by atoms with Crippen molar-refractivity contribution >= 4 is 11.0 Å². The van der Waals surface area contributed by atoms with Gasteiger partial charge in [0.1, 0.15) is 23.7 Å². The molecule has 2 N–H and O–H groups in total. The molecule has 0 bridgehead atoms. The van der Waals surface area contributed by atoms with Gasteiger partial charge in [-0.3, -0.25) is 0 Å². The van der Waals surface area contributed by atoms with Crippen LogP contribution < -0.4 is 10.5 Å². The zero-order valence-electron chi connectivity index (χ0n) is 12.3. The summed E-state index contributed by atoms with van der Waals surface area (Å²) in [5, 5.41) is 1.07. The Balaban J connectivity index is 1.89. The van der Waals surface area contributed by atoms with Crippen molar-refractivity contribution < 1.29 is 9.15 Å². The summed E-state index contributed by atoms with van der Waals surface area (Å²) in [7, 11) is 0. The van der Waals surface area contributed by atoms with Crippen molar-refractivity contribution in [1.82, 2.24) is 0 Å². The van der Waals surface area contributed by atoms with Crippen LogP contribution in [-0.2, 0) is 13.2 Å². The van der Waals surface area contributed by atoms with E-state index in [0.717, 1.165) is 33.6 Å². The molecular formula is C18H19NO2. The minimum absolute atomic E-state index is 0.394. The van der Waals surface area contributed by atoms with Crippen LogP contribution in [0.1, 0.15) is 22.5 Å². The normalized spacial score (nSPS) is 11.0. The van der Waals surface area contributed by atoms with Gasteiger partial charge in [0.05, 0.1) is 0 Å². The average molecular weight is 281 g/mol. The van der Waals surface area contributed by atoms with Crippen molar-refractivity contribution in [3.8, 4) is 5.75 Å². The van der Waals surface area contributed by atoms with Gasteiger partial charge >= 0.3 is 0 Å². The number of fused-ring (bicyclic) bond motifs is 1. The van der Waals surface area contributed by atoms with Gasteiger partial charge in [-0.25, -0.2) is 0 Å². The number of aryl methyl sites for hydroxylation is 2. The molecule has 0 aliphatic carbocycles. The van der Waals surface area contributed by atoms with E-state index < -0.39 is 0 Å². The van der Waals surface area contributed by atoms with Crippen molar-refractivity contribution in [2.45, 2.75) is 27.0 Å². The van der Waals surface area contributed by atoms with Crippen LogP contribution in [0.25, 0.3) is 11.0 Å². The first-order valence-corrected chi connectivity index (χ1v) is 7.08. The average Bonchev–Trinajstić information content (AvgIpc) is 2.85. The molecule has 2 aromatic carbocycles. The first-order valence-electron chi connectivity index (χ1n) is 7.08. The molecule has 0 saturated heterocycles. The molecule has 0 spiro atoms. The molecule has 0 atom stereocenters. The Labute approximate surface area is 124 Å². The Kier molecular flexibility index (Phi) is 3.67. The molecule has 1 heterocycles. The van der Waals surface area contributed by atoms with Crippen molar-refractivity contribution in [3.05, 3.63) is 64.9 Å². The van der Waals surface area contributed by atoms with Crippen LogP contribution in [0.2, 0.25) is 0 Å². The second-order valence-electron chi connectivity index (χ2n) is 5.26. The Morgan fingerprint density at radius 1 is 1.10 bits per heavy atom. The molecule has 0 saturated carbocycles. The fraction of sp³-hybridized carbons (Fsp3) is 0.222. The summed E-state index contributed by atoms with van der Waals surface area (Å²) in [4.78, 5) is 0. The lowest BCUT2D eigenvalue weighted by Gasteiger charge is -2.09. The third kappa shape index (κ3) is 2.65. The van der Waals surface area contributed by atoms with E-state index in [0.29, 0.717) is 13.2 Å². The molecule has 0 amide bonds. The quantitative estimate of drug-likeness (QED) is 0.783. The highest BCUT2D eigenvalue weighted by Crippen LogP contribution is 2.27. The van der Waals surface area contributed by atoms with Crippen LogP contribution >= 0.6 is 0 Å². The summed E-state index contributed by atoms with van der Waals surface area (Å²) in [6.07, 6.45) is 0. The number of hydrogen-bond acceptors (Lipinski definition) is 3. The number of rotatable bonds is 4. The second kappa shape index (κ2) is 5.62. The maximum absolute atomic E-state index is 5.93. The molecule has 3 nitrogen and oxygen atoms in total. The van der Waals surface area contributed by atoms with E-state index in [-0.39, 0.29) is 0 Å². The smallest absolute Gasteiger partial charge is 0.147 e. The Hall–Kier alpha value is -2.26. The molecular weight excluding hydrogens is 262 g/mol. The predicted octanol–water partition coefficient (Wildman–Crippen LogP) is 4.09. The SMILES string of the molecule is Cc1ccc(C)c(OCc2oc3ccccc3c2CN)c1. The van der Waals surface area contributed by atoms with Gasteiger partial charge < -0.3 is 14.9 Å². The van der Waals surface area contributed by atoms with Gasteiger partial charge in [0.15, 0.2) is 0 Å². The van der Waals surface area contributed by atoms with Gasteiger partial charge in [-0.2, -0.15) is 0 Å². The second-order valence-corrected chi connectivity index (χ2v) is 5.26. The molecule has 21 heavy (non-hydrogen) atoms. The highest BCUT2D eigenvalue weighted by molar-refractivity contribution is 5.82. The summed E-state index contributed by atoms with van der Waals surface area (Å²) >= 11 is 0. The van der Waals surface area contributed by atoms with Crippen LogP contribution in [0, 0.1) is 13.8 Å². The van der Waals surface area contributed by atoms with E-state index in [9.17, 15) is 0 Å². The first-order chi connectivity index (χ1) is 10.2. The number of ether oxygens (including phenoxy) is 1. The van der Waals surface area contributed by atoms with Crippen molar-refractivity contribution in [1.29, 1.82) is 0 Å². The summed E-state index contributed by atoms with van der Waals surface area (Å²) in [6.45, 7) is 4.93. The topological polar surface area (TPSA) is 48.4 Å². The maximum Gasteiger partial charge on any atom is 0.147 e. The Morgan fingerprint density at radius 2 is 1.90 bits per heavy atom. The zero-order chi connectivity index (χ0) is 14.8. The minimum Gasteiger partial charge on any atom is -0.485 e. The lowest BCUT2D eigenvalue weighted by atomic mass is 10.1. The van der Waals surface area contributed by atoms with Crippen LogP contribution in [0.4, 0.5) is 0 Å². The molecule has 1 aromatic heterocycles. The number of para-hydroxylation sites is 1. The van der Waals surface area contributed by atoms with Gasteiger partial charge in [-0.05, 0) is 37.1 Å². The number of furan rings is 1. The van der Waals surface area contributed by atoms with E-state index >= 15 is 0 Å². The highest BCUT2D eigenvalue weighted by atomic mass is 16.5. The third-order valence-electron chi connectivity index (χ3n) is 3.69.